The van der Waals surface area contributed by atoms with Crippen LogP contribution in [0.15, 0.2) is 48.5 Å². The van der Waals surface area contributed by atoms with Gasteiger partial charge in [-0.1, -0.05) is 35.9 Å². The molecule has 0 aliphatic carbocycles. The maximum absolute atomic E-state index is 12.8. The lowest BCUT2D eigenvalue weighted by Crippen LogP contribution is -2.50. The summed E-state index contributed by atoms with van der Waals surface area (Å²) in [6.07, 6.45) is 2.95. The highest BCUT2D eigenvalue weighted by atomic mass is 35.5. The standard InChI is InChI=1S/C21H21ClN2O3S/c1-28-12-10-18(19(25)23-11-9-14-5-4-6-15(22)13-14)24-20(26)16-7-2-3-8-17(16)21(24)27/h2-8,13,18H,9-12H2,1H3,(H,23,25). The number of carbonyl (C=O) groups is 3. The van der Waals surface area contributed by atoms with E-state index in [1.165, 1.54) is 0 Å². The van der Waals surface area contributed by atoms with Gasteiger partial charge in [-0.05, 0) is 54.7 Å². The molecule has 1 aliphatic heterocycles. The number of hydrogen-bond donors (Lipinski definition) is 1. The highest BCUT2D eigenvalue weighted by molar-refractivity contribution is 7.98. The van der Waals surface area contributed by atoms with Crippen LogP contribution in [0, 0.1) is 0 Å². The Balaban J connectivity index is 1.70. The van der Waals surface area contributed by atoms with E-state index in [0.717, 1.165) is 10.5 Å². The third-order valence-electron chi connectivity index (χ3n) is 4.64. The van der Waals surface area contributed by atoms with E-state index in [0.29, 0.717) is 41.3 Å². The number of carbonyl (C=O) groups excluding carboxylic acids is 3. The van der Waals surface area contributed by atoms with Gasteiger partial charge < -0.3 is 5.32 Å². The minimum atomic E-state index is -0.820. The monoisotopic (exact) mass is 416 g/mol. The third kappa shape index (κ3) is 4.39. The molecule has 2 aromatic rings. The summed E-state index contributed by atoms with van der Waals surface area (Å²) in [6.45, 7) is 0.401. The van der Waals surface area contributed by atoms with Crippen molar-refractivity contribution in [2.75, 3.05) is 18.6 Å². The van der Waals surface area contributed by atoms with Gasteiger partial charge in [0.2, 0.25) is 5.91 Å². The Morgan fingerprint density at radius 1 is 1.11 bits per heavy atom. The molecule has 3 amide bonds. The molecule has 2 aromatic carbocycles. The quantitative estimate of drug-likeness (QED) is 0.669. The van der Waals surface area contributed by atoms with Gasteiger partial charge in [0.05, 0.1) is 11.1 Å². The summed E-state index contributed by atoms with van der Waals surface area (Å²) < 4.78 is 0. The number of nitrogens with zero attached hydrogens (tertiary/aromatic N) is 1. The molecule has 1 N–H and O–H groups in total. The van der Waals surface area contributed by atoms with Gasteiger partial charge >= 0.3 is 0 Å². The average molecular weight is 417 g/mol. The molecule has 0 fully saturated rings. The summed E-state index contributed by atoms with van der Waals surface area (Å²) in [4.78, 5) is 39.5. The minimum Gasteiger partial charge on any atom is -0.354 e. The van der Waals surface area contributed by atoms with Crippen LogP contribution >= 0.6 is 23.4 Å². The Morgan fingerprint density at radius 3 is 2.39 bits per heavy atom. The Kier molecular flexibility index (Phi) is 6.75. The highest BCUT2D eigenvalue weighted by Crippen LogP contribution is 2.26. The fraction of sp³-hybridized carbons (Fsp3) is 0.286. The predicted octanol–water partition coefficient (Wildman–Crippen LogP) is 3.42. The van der Waals surface area contributed by atoms with E-state index in [-0.39, 0.29) is 5.91 Å². The number of hydrogen-bond acceptors (Lipinski definition) is 4. The summed E-state index contributed by atoms with van der Waals surface area (Å²) in [7, 11) is 0. The van der Waals surface area contributed by atoms with Gasteiger partial charge in [0, 0.05) is 11.6 Å². The van der Waals surface area contributed by atoms with Crippen LogP contribution in [0.1, 0.15) is 32.7 Å². The van der Waals surface area contributed by atoms with Crippen LogP contribution in [0.5, 0.6) is 0 Å². The van der Waals surface area contributed by atoms with Crippen molar-refractivity contribution < 1.29 is 14.4 Å². The van der Waals surface area contributed by atoms with E-state index in [4.69, 9.17) is 11.6 Å². The summed E-state index contributed by atoms with van der Waals surface area (Å²) in [5.41, 5.74) is 1.72. The smallest absolute Gasteiger partial charge is 0.262 e. The minimum absolute atomic E-state index is 0.314. The average Bonchev–Trinajstić information content (AvgIpc) is 2.94. The molecule has 7 heteroatoms. The highest BCUT2D eigenvalue weighted by Gasteiger charge is 2.42. The first-order valence-electron chi connectivity index (χ1n) is 9.01. The lowest BCUT2D eigenvalue weighted by Gasteiger charge is -2.25. The summed E-state index contributed by atoms with van der Waals surface area (Å²) in [6, 6.07) is 13.3. The number of halogens is 1. The normalized spacial score (nSPS) is 14.1. The van der Waals surface area contributed by atoms with Gasteiger partial charge in [0.15, 0.2) is 0 Å². The van der Waals surface area contributed by atoms with Crippen LogP contribution in [-0.2, 0) is 11.2 Å². The Labute approximate surface area is 173 Å². The van der Waals surface area contributed by atoms with Crippen molar-refractivity contribution in [3.63, 3.8) is 0 Å². The maximum Gasteiger partial charge on any atom is 0.262 e. The maximum atomic E-state index is 12.8. The number of rotatable bonds is 8. The van der Waals surface area contributed by atoms with Crippen LogP contribution in [0.25, 0.3) is 0 Å². The molecule has 0 aromatic heterocycles. The molecule has 0 saturated carbocycles. The third-order valence-corrected chi connectivity index (χ3v) is 5.52. The summed E-state index contributed by atoms with van der Waals surface area (Å²) >= 11 is 7.56. The predicted molar refractivity (Wildman–Crippen MR) is 112 cm³/mol. The molecule has 1 aliphatic rings. The molecule has 3 rings (SSSR count). The summed E-state index contributed by atoms with van der Waals surface area (Å²) in [5, 5.41) is 3.51. The first kappa shape index (κ1) is 20.4. The molecule has 5 nitrogen and oxygen atoms in total. The first-order valence-corrected chi connectivity index (χ1v) is 10.8. The van der Waals surface area contributed by atoms with Gasteiger partial charge in [-0.2, -0.15) is 11.8 Å². The SMILES string of the molecule is CSCCC(C(=O)NCCc1cccc(Cl)c1)N1C(=O)c2ccccc2C1=O. The number of imide groups is 1. The van der Waals surface area contributed by atoms with E-state index >= 15 is 0 Å². The fourth-order valence-electron chi connectivity index (χ4n) is 3.24. The second-order valence-electron chi connectivity index (χ2n) is 6.49. The molecule has 28 heavy (non-hydrogen) atoms. The van der Waals surface area contributed by atoms with Crippen molar-refractivity contribution >= 4 is 41.1 Å². The van der Waals surface area contributed by atoms with Crippen LogP contribution in [0.2, 0.25) is 5.02 Å². The van der Waals surface area contributed by atoms with Crippen LogP contribution in [0.4, 0.5) is 0 Å². The zero-order valence-corrected chi connectivity index (χ0v) is 17.1. The lowest BCUT2D eigenvalue weighted by atomic mass is 10.1. The lowest BCUT2D eigenvalue weighted by molar-refractivity contribution is -0.125. The van der Waals surface area contributed by atoms with Gasteiger partial charge in [0.1, 0.15) is 6.04 Å². The van der Waals surface area contributed by atoms with Crippen LogP contribution in [0.3, 0.4) is 0 Å². The Morgan fingerprint density at radius 2 is 1.79 bits per heavy atom. The number of nitrogens with one attached hydrogen (secondary N) is 1. The Hall–Kier alpha value is -2.31. The zero-order valence-electron chi connectivity index (χ0n) is 15.5. The van der Waals surface area contributed by atoms with Crippen molar-refractivity contribution in [2.45, 2.75) is 18.9 Å². The molecule has 0 spiro atoms. The first-order chi connectivity index (χ1) is 13.5. The molecule has 146 valence electrons. The van der Waals surface area contributed by atoms with Crippen molar-refractivity contribution in [3.8, 4) is 0 Å². The van der Waals surface area contributed by atoms with Crippen LogP contribution in [-0.4, -0.2) is 47.2 Å². The number of thioether (sulfide) groups is 1. The topological polar surface area (TPSA) is 66.5 Å². The molecule has 0 radical (unpaired) electrons. The van der Waals surface area contributed by atoms with Crippen molar-refractivity contribution in [2.24, 2.45) is 0 Å². The van der Waals surface area contributed by atoms with E-state index in [1.54, 1.807) is 42.1 Å². The van der Waals surface area contributed by atoms with E-state index in [1.807, 2.05) is 24.5 Å². The number of benzene rings is 2. The summed E-state index contributed by atoms with van der Waals surface area (Å²) in [5.74, 6) is -0.459. The van der Waals surface area contributed by atoms with Crippen molar-refractivity contribution in [3.05, 3.63) is 70.2 Å². The van der Waals surface area contributed by atoms with Gasteiger partial charge in [0.25, 0.3) is 11.8 Å². The zero-order chi connectivity index (χ0) is 20.1. The second kappa shape index (κ2) is 9.26. The van der Waals surface area contributed by atoms with Crippen molar-refractivity contribution in [1.82, 2.24) is 10.2 Å². The molecule has 1 unspecified atom stereocenters. The Bertz CT molecular complexity index is 868. The largest absolute Gasteiger partial charge is 0.354 e. The second-order valence-corrected chi connectivity index (χ2v) is 7.92. The van der Waals surface area contributed by atoms with Crippen molar-refractivity contribution in [1.29, 1.82) is 0 Å². The molecule has 0 bridgehead atoms. The molecule has 0 saturated heterocycles. The molecule has 1 heterocycles. The number of fused-ring (bicyclic) bond motifs is 1. The van der Waals surface area contributed by atoms with E-state index in [9.17, 15) is 14.4 Å². The van der Waals surface area contributed by atoms with Gasteiger partial charge in [-0.3, -0.25) is 19.3 Å². The molecular weight excluding hydrogens is 396 g/mol. The molecule has 1 atom stereocenters. The fourth-order valence-corrected chi connectivity index (χ4v) is 3.91. The van der Waals surface area contributed by atoms with E-state index in [2.05, 4.69) is 5.32 Å². The molecular formula is C21H21ClN2O3S. The number of amides is 3. The van der Waals surface area contributed by atoms with E-state index < -0.39 is 17.9 Å². The van der Waals surface area contributed by atoms with Gasteiger partial charge in [-0.25, -0.2) is 0 Å². The van der Waals surface area contributed by atoms with Gasteiger partial charge in [-0.15, -0.1) is 0 Å². The van der Waals surface area contributed by atoms with Crippen LogP contribution < -0.4 is 5.32 Å².